The highest BCUT2D eigenvalue weighted by Crippen LogP contribution is 2.36. The van der Waals surface area contributed by atoms with Crippen LogP contribution in [0.3, 0.4) is 0 Å². The summed E-state index contributed by atoms with van der Waals surface area (Å²) in [5.74, 6) is 1.60. The minimum Gasteiger partial charge on any atom is -0.459 e. The van der Waals surface area contributed by atoms with Crippen LogP contribution in [0.15, 0.2) is 89.8 Å². The number of aromatic nitrogens is 2. The lowest BCUT2D eigenvalue weighted by Crippen LogP contribution is -2.23. The fourth-order valence-corrected chi connectivity index (χ4v) is 3.72. The molecule has 0 saturated carbocycles. The number of hydrogen-bond acceptors (Lipinski definition) is 4. The van der Waals surface area contributed by atoms with Gasteiger partial charge in [-0.25, -0.2) is 4.98 Å². The zero-order chi connectivity index (χ0) is 22.6. The number of H-pyrrole nitrogens is 1. The van der Waals surface area contributed by atoms with Crippen molar-refractivity contribution in [2.45, 2.75) is 13.3 Å². The average Bonchev–Trinajstić information content (AvgIpc) is 3.50. The maximum absolute atomic E-state index is 12.2. The van der Waals surface area contributed by atoms with Gasteiger partial charge in [0.1, 0.15) is 17.1 Å². The molecule has 6 nitrogen and oxygen atoms in total. The molecule has 33 heavy (non-hydrogen) atoms. The van der Waals surface area contributed by atoms with Crippen LogP contribution in [0.5, 0.6) is 11.5 Å². The van der Waals surface area contributed by atoms with E-state index >= 15 is 0 Å². The number of hydrogen-bond donors (Lipinski definition) is 2. The molecule has 0 saturated heterocycles. The number of aromatic amines is 1. The second kappa shape index (κ2) is 9.04. The molecule has 0 atom stereocenters. The van der Waals surface area contributed by atoms with E-state index in [1.54, 1.807) is 12.3 Å². The van der Waals surface area contributed by atoms with E-state index < -0.39 is 0 Å². The van der Waals surface area contributed by atoms with Gasteiger partial charge in [0.15, 0.2) is 5.76 Å². The van der Waals surface area contributed by atoms with Crippen molar-refractivity contribution in [2.75, 3.05) is 6.54 Å². The molecule has 1 amide bonds. The predicted molar refractivity (Wildman–Crippen MR) is 128 cm³/mol. The van der Waals surface area contributed by atoms with Crippen LogP contribution < -0.4 is 10.1 Å². The Bertz CT molecular complexity index is 1400. The Kier molecular flexibility index (Phi) is 5.64. The molecule has 0 spiro atoms. The summed E-state index contributed by atoms with van der Waals surface area (Å²) in [6.07, 6.45) is 6.18. The topological polar surface area (TPSA) is 80.2 Å². The van der Waals surface area contributed by atoms with E-state index in [4.69, 9.17) is 9.15 Å². The summed E-state index contributed by atoms with van der Waals surface area (Å²) >= 11 is 0. The number of para-hydroxylation sites is 2. The zero-order valence-corrected chi connectivity index (χ0v) is 18.2. The first-order valence-electron chi connectivity index (χ1n) is 10.9. The summed E-state index contributed by atoms with van der Waals surface area (Å²) in [6, 6.07) is 21.4. The van der Waals surface area contributed by atoms with E-state index in [0.29, 0.717) is 12.3 Å². The largest absolute Gasteiger partial charge is 0.459 e. The minimum absolute atomic E-state index is 0.214. The Morgan fingerprint density at radius 2 is 1.85 bits per heavy atom. The van der Waals surface area contributed by atoms with E-state index in [9.17, 15) is 4.79 Å². The minimum atomic E-state index is -0.214. The van der Waals surface area contributed by atoms with Crippen molar-refractivity contribution in [2.24, 2.45) is 0 Å². The maximum Gasteiger partial charge on any atom is 0.287 e. The van der Waals surface area contributed by atoms with Crippen LogP contribution in [0, 0.1) is 0 Å². The van der Waals surface area contributed by atoms with Crippen molar-refractivity contribution in [3.05, 3.63) is 91.1 Å². The van der Waals surface area contributed by atoms with Gasteiger partial charge in [-0.2, -0.15) is 0 Å². The van der Waals surface area contributed by atoms with Gasteiger partial charge >= 0.3 is 0 Å². The summed E-state index contributed by atoms with van der Waals surface area (Å²) in [6.45, 7) is 2.62. The summed E-state index contributed by atoms with van der Waals surface area (Å²) in [7, 11) is 0. The highest BCUT2D eigenvalue weighted by molar-refractivity contribution is 5.98. The van der Waals surface area contributed by atoms with Gasteiger partial charge in [-0.15, -0.1) is 0 Å². The van der Waals surface area contributed by atoms with E-state index in [0.717, 1.165) is 51.2 Å². The van der Waals surface area contributed by atoms with Crippen LogP contribution in [-0.2, 0) is 0 Å². The van der Waals surface area contributed by atoms with Crippen molar-refractivity contribution in [1.29, 1.82) is 0 Å². The Balaban J connectivity index is 1.50. The molecule has 0 bridgehead atoms. The molecule has 3 heterocycles. The molecule has 5 aromatic rings. The van der Waals surface area contributed by atoms with Gasteiger partial charge in [0.05, 0.1) is 6.26 Å². The van der Waals surface area contributed by atoms with Gasteiger partial charge < -0.3 is 19.5 Å². The van der Waals surface area contributed by atoms with E-state index in [2.05, 4.69) is 21.4 Å². The first-order chi connectivity index (χ1) is 16.2. The number of nitrogens with zero attached hydrogens (tertiary/aromatic N) is 1. The van der Waals surface area contributed by atoms with E-state index in [1.807, 2.05) is 73.9 Å². The summed E-state index contributed by atoms with van der Waals surface area (Å²) in [5, 5.41) is 3.77. The Morgan fingerprint density at radius 3 is 2.70 bits per heavy atom. The lowest BCUT2D eigenvalue weighted by molar-refractivity contribution is 0.0926. The molecule has 5 rings (SSSR count). The molecule has 0 fully saturated rings. The Morgan fingerprint density at radius 1 is 1.03 bits per heavy atom. The number of furan rings is 1. The van der Waals surface area contributed by atoms with Gasteiger partial charge in [0.2, 0.25) is 0 Å². The molecule has 0 aliphatic heterocycles. The van der Waals surface area contributed by atoms with Crippen molar-refractivity contribution < 1.29 is 13.9 Å². The second-order valence-corrected chi connectivity index (χ2v) is 7.69. The number of rotatable bonds is 7. The molecule has 6 heteroatoms. The number of ether oxygens (including phenoxy) is 1. The van der Waals surface area contributed by atoms with Crippen molar-refractivity contribution in [3.8, 4) is 33.8 Å². The number of benzene rings is 2. The predicted octanol–water partition coefficient (Wildman–Crippen LogP) is 6.42. The summed E-state index contributed by atoms with van der Waals surface area (Å²) < 4.78 is 11.7. The number of fused-ring (bicyclic) bond motifs is 1. The molecule has 0 unspecified atom stereocenters. The smallest absolute Gasteiger partial charge is 0.287 e. The van der Waals surface area contributed by atoms with Gasteiger partial charge in [0, 0.05) is 46.6 Å². The van der Waals surface area contributed by atoms with Crippen molar-refractivity contribution >= 4 is 16.9 Å². The molecule has 0 aliphatic rings. The van der Waals surface area contributed by atoms with Gasteiger partial charge in [-0.3, -0.25) is 4.79 Å². The molecular weight excluding hydrogens is 414 g/mol. The summed E-state index contributed by atoms with van der Waals surface area (Å²) in [4.78, 5) is 20.1. The first-order valence-corrected chi connectivity index (χ1v) is 10.9. The molecule has 2 N–H and O–H groups in total. The molecule has 0 radical (unpaired) electrons. The molecule has 2 aromatic carbocycles. The van der Waals surface area contributed by atoms with Crippen LogP contribution >= 0.6 is 0 Å². The number of amides is 1. The number of carbonyl (C=O) groups is 1. The van der Waals surface area contributed by atoms with Crippen LogP contribution in [0.4, 0.5) is 0 Å². The summed E-state index contributed by atoms with van der Waals surface area (Å²) in [5.41, 5.74) is 4.36. The maximum atomic E-state index is 12.2. The fourth-order valence-electron chi connectivity index (χ4n) is 3.72. The first kappa shape index (κ1) is 20.6. The molecular formula is C27H23N3O3. The quantitative estimate of drug-likeness (QED) is 0.308. The van der Waals surface area contributed by atoms with E-state index in [1.165, 1.54) is 0 Å². The second-order valence-electron chi connectivity index (χ2n) is 7.69. The van der Waals surface area contributed by atoms with Gasteiger partial charge in [-0.05, 0) is 36.8 Å². The van der Waals surface area contributed by atoms with Crippen molar-refractivity contribution in [1.82, 2.24) is 15.3 Å². The zero-order valence-electron chi connectivity index (χ0n) is 18.2. The normalized spacial score (nSPS) is 10.9. The van der Waals surface area contributed by atoms with Crippen LogP contribution in [0.25, 0.3) is 33.3 Å². The standard InChI is InChI=1S/C27H23N3O3/c1-2-12-28-27(31)25-14-19(17-32-25)23-16-30-26-22(23)13-18(15-29-26)21-10-6-7-11-24(21)33-20-8-4-3-5-9-20/h3-11,13-17H,2,12H2,1H3,(H,28,31)(H,29,30). The third-order valence-electron chi connectivity index (χ3n) is 5.37. The lowest BCUT2D eigenvalue weighted by atomic mass is 10.0. The lowest BCUT2D eigenvalue weighted by Gasteiger charge is -2.11. The average molecular weight is 437 g/mol. The third kappa shape index (κ3) is 4.23. The van der Waals surface area contributed by atoms with Crippen molar-refractivity contribution in [3.63, 3.8) is 0 Å². The highest BCUT2D eigenvalue weighted by atomic mass is 16.5. The molecule has 164 valence electrons. The monoisotopic (exact) mass is 437 g/mol. The highest BCUT2D eigenvalue weighted by Gasteiger charge is 2.16. The SMILES string of the molecule is CCCNC(=O)c1cc(-c2c[nH]c3ncc(-c4ccccc4Oc4ccccc4)cc23)co1. The number of carbonyl (C=O) groups excluding carboxylic acids is 1. The fraction of sp³-hybridized carbons (Fsp3) is 0.111. The molecule has 3 aromatic heterocycles. The third-order valence-corrected chi connectivity index (χ3v) is 5.37. The molecule has 0 aliphatic carbocycles. The van der Waals surface area contributed by atoms with Crippen LogP contribution in [0.1, 0.15) is 23.9 Å². The van der Waals surface area contributed by atoms with Crippen LogP contribution in [0.2, 0.25) is 0 Å². The van der Waals surface area contributed by atoms with Gasteiger partial charge in [0.25, 0.3) is 5.91 Å². The Hall–Kier alpha value is -4.32. The Labute approximate surface area is 191 Å². The van der Waals surface area contributed by atoms with Gasteiger partial charge in [-0.1, -0.05) is 43.3 Å². The van der Waals surface area contributed by atoms with E-state index in [-0.39, 0.29) is 5.91 Å². The number of nitrogens with one attached hydrogen (secondary N) is 2. The number of pyridine rings is 1. The van der Waals surface area contributed by atoms with Crippen LogP contribution in [-0.4, -0.2) is 22.4 Å².